The molecule has 1 aliphatic heterocycles. The summed E-state index contributed by atoms with van der Waals surface area (Å²) in [5.74, 6) is -1.37. The Morgan fingerprint density at radius 1 is 1.27 bits per heavy atom. The molecule has 1 atom stereocenters. The zero-order valence-electron chi connectivity index (χ0n) is 13.4. The van der Waals surface area contributed by atoms with E-state index in [-0.39, 0.29) is 23.1 Å². The van der Waals surface area contributed by atoms with Crippen molar-refractivity contribution in [1.29, 1.82) is 0 Å². The molecule has 0 radical (unpaired) electrons. The van der Waals surface area contributed by atoms with Gasteiger partial charge in [-0.25, -0.2) is 4.79 Å². The number of nitrogens with one attached hydrogen (secondary N) is 1. The molecule has 0 fully saturated rings. The van der Waals surface area contributed by atoms with Crippen molar-refractivity contribution < 1.29 is 14.7 Å². The zero-order chi connectivity index (χ0) is 18.3. The number of aromatic carboxylic acids is 1. The van der Waals surface area contributed by atoms with Crippen molar-refractivity contribution in [3.63, 3.8) is 0 Å². The van der Waals surface area contributed by atoms with Crippen LogP contribution in [-0.4, -0.2) is 22.0 Å². The van der Waals surface area contributed by atoms with E-state index in [1.807, 2.05) is 12.1 Å². The third-order valence-corrected chi connectivity index (χ3v) is 5.86. The van der Waals surface area contributed by atoms with Crippen LogP contribution in [0.4, 0.5) is 5.69 Å². The summed E-state index contributed by atoms with van der Waals surface area (Å²) in [7, 11) is 0. The predicted molar refractivity (Wildman–Crippen MR) is 101 cm³/mol. The fourth-order valence-electron chi connectivity index (χ4n) is 3.18. The number of halogens is 1. The Labute approximate surface area is 158 Å². The number of carboxylic acid groups (broad SMARTS) is 1. The van der Waals surface area contributed by atoms with Crippen molar-refractivity contribution in [2.24, 2.45) is 0 Å². The fraction of sp³-hybridized carbons (Fsp3) is 0.105. The van der Waals surface area contributed by atoms with Gasteiger partial charge in [0.05, 0.1) is 5.69 Å². The van der Waals surface area contributed by atoms with E-state index in [2.05, 4.69) is 10.3 Å². The number of nitrogens with zero attached hydrogens (tertiary/aromatic N) is 1. The minimum Gasteiger partial charge on any atom is -0.477 e. The lowest BCUT2D eigenvalue weighted by molar-refractivity contribution is -0.116. The van der Waals surface area contributed by atoms with Crippen LogP contribution in [0.3, 0.4) is 0 Å². The Morgan fingerprint density at radius 3 is 2.69 bits per heavy atom. The number of fused-ring (bicyclic) bond motifs is 1. The number of carbonyl (C=O) groups is 2. The monoisotopic (exact) mass is 384 g/mol. The molecule has 1 amide bonds. The summed E-state index contributed by atoms with van der Waals surface area (Å²) >= 11 is 7.15. The topological polar surface area (TPSA) is 79.3 Å². The summed E-state index contributed by atoms with van der Waals surface area (Å²) in [4.78, 5) is 29.4. The maximum atomic E-state index is 12.3. The molecule has 26 heavy (non-hydrogen) atoms. The lowest BCUT2D eigenvalue weighted by Crippen LogP contribution is -2.22. The van der Waals surface area contributed by atoms with Gasteiger partial charge in [0, 0.05) is 40.2 Å². The number of amides is 1. The summed E-state index contributed by atoms with van der Waals surface area (Å²) in [6.45, 7) is 0. The quantitative estimate of drug-likeness (QED) is 0.689. The number of hydrogen-bond donors (Lipinski definition) is 2. The highest BCUT2D eigenvalue weighted by Crippen LogP contribution is 2.49. The molecule has 2 N–H and O–H groups in total. The second-order valence-corrected chi connectivity index (χ2v) is 7.44. The van der Waals surface area contributed by atoms with Crippen LogP contribution in [0, 0.1) is 0 Å². The van der Waals surface area contributed by atoms with Gasteiger partial charge in [-0.3, -0.25) is 9.78 Å². The van der Waals surface area contributed by atoms with Crippen molar-refractivity contribution in [2.75, 3.05) is 5.32 Å². The van der Waals surface area contributed by atoms with Gasteiger partial charge in [-0.15, -0.1) is 11.3 Å². The SMILES string of the molecule is O=C1C[C@H](c2cccnc2)c2sc(C(=O)O)c(-c3ccc(Cl)cc3)c2N1. The Kier molecular flexibility index (Phi) is 4.22. The van der Waals surface area contributed by atoms with E-state index in [0.29, 0.717) is 21.8 Å². The van der Waals surface area contributed by atoms with Crippen LogP contribution >= 0.6 is 22.9 Å². The van der Waals surface area contributed by atoms with Crippen molar-refractivity contribution in [3.05, 3.63) is 69.1 Å². The maximum Gasteiger partial charge on any atom is 0.346 e. The normalized spacial score (nSPS) is 16.0. The molecular formula is C19H13ClN2O3S. The second-order valence-electron chi connectivity index (χ2n) is 5.95. The summed E-state index contributed by atoms with van der Waals surface area (Å²) in [6, 6.07) is 10.6. The first-order valence-corrected chi connectivity index (χ1v) is 9.09. The number of anilines is 1. The summed E-state index contributed by atoms with van der Waals surface area (Å²) in [5.41, 5.74) is 2.69. The van der Waals surface area contributed by atoms with Gasteiger partial charge in [-0.2, -0.15) is 0 Å². The number of thiophene rings is 1. The summed E-state index contributed by atoms with van der Waals surface area (Å²) in [5, 5.41) is 13.1. The number of carbonyl (C=O) groups excluding carboxylic acids is 1. The maximum absolute atomic E-state index is 12.3. The summed E-state index contributed by atoms with van der Waals surface area (Å²) < 4.78 is 0. The van der Waals surface area contributed by atoms with Gasteiger partial charge in [-0.05, 0) is 29.3 Å². The molecule has 0 saturated carbocycles. The van der Waals surface area contributed by atoms with Gasteiger partial charge in [0.25, 0.3) is 0 Å². The number of rotatable bonds is 3. The number of pyridine rings is 1. The van der Waals surface area contributed by atoms with Crippen LogP contribution < -0.4 is 5.32 Å². The van der Waals surface area contributed by atoms with Crippen LogP contribution in [-0.2, 0) is 4.79 Å². The molecule has 1 aromatic carbocycles. The molecule has 0 bridgehead atoms. The second kappa shape index (κ2) is 6.55. The zero-order valence-corrected chi connectivity index (χ0v) is 15.0. The van der Waals surface area contributed by atoms with Crippen LogP contribution in [0.1, 0.15) is 32.5 Å². The van der Waals surface area contributed by atoms with Gasteiger partial charge < -0.3 is 10.4 Å². The van der Waals surface area contributed by atoms with Crippen molar-refractivity contribution in [3.8, 4) is 11.1 Å². The van der Waals surface area contributed by atoms with Gasteiger partial charge in [-0.1, -0.05) is 29.8 Å². The molecule has 2 aromatic heterocycles. The minimum atomic E-state index is -1.02. The number of aromatic nitrogens is 1. The Hall–Kier alpha value is -2.70. The molecule has 3 heterocycles. The highest BCUT2D eigenvalue weighted by molar-refractivity contribution is 7.15. The van der Waals surface area contributed by atoms with E-state index in [4.69, 9.17) is 11.6 Å². The molecule has 0 aliphatic carbocycles. The largest absolute Gasteiger partial charge is 0.477 e. The fourth-order valence-corrected chi connectivity index (χ4v) is 4.55. The Balaban J connectivity index is 1.94. The highest BCUT2D eigenvalue weighted by atomic mass is 35.5. The predicted octanol–water partition coefficient (Wildman–Crippen LogP) is 4.64. The first kappa shape index (κ1) is 16.8. The first-order valence-electron chi connectivity index (χ1n) is 7.90. The molecular weight excluding hydrogens is 372 g/mol. The van der Waals surface area contributed by atoms with E-state index in [1.54, 1.807) is 36.7 Å². The molecule has 5 nitrogen and oxygen atoms in total. The lowest BCUT2D eigenvalue weighted by atomic mass is 9.89. The van der Waals surface area contributed by atoms with Crippen LogP contribution in [0.5, 0.6) is 0 Å². The third kappa shape index (κ3) is 2.87. The third-order valence-electron chi connectivity index (χ3n) is 4.32. The molecule has 130 valence electrons. The van der Waals surface area contributed by atoms with Crippen molar-refractivity contribution in [2.45, 2.75) is 12.3 Å². The van der Waals surface area contributed by atoms with E-state index in [1.165, 1.54) is 11.3 Å². The molecule has 4 rings (SSSR count). The van der Waals surface area contributed by atoms with E-state index < -0.39 is 5.97 Å². The molecule has 3 aromatic rings. The lowest BCUT2D eigenvalue weighted by Gasteiger charge is -2.23. The van der Waals surface area contributed by atoms with Gasteiger partial charge in [0.1, 0.15) is 4.88 Å². The van der Waals surface area contributed by atoms with E-state index in [9.17, 15) is 14.7 Å². The van der Waals surface area contributed by atoms with Gasteiger partial charge in [0.15, 0.2) is 0 Å². The number of benzene rings is 1. The Bertz CT molecular complexity index is 1000. The van der Waals surface area contributed by atoms with E-state index in [0.717, 1.165) is 10.4 Å². The van der Waals surface area contributed by atoms with Crippen LogP contribution in [0.2, 0.25) is 5.02 Å². The van der Waals surface area contributed by atoms with E-state index >= 15 is 0 Å². The smallest absolute Gasteiger partial charge is 0.346 e. The average Bonchev–Trinajstić information content (AvgIpc) is 3.02. The summed E-state index contributed by atoms with van der Waals surface area (Å²) in [6.07, 6.45) is 3.65. The van der Waals surface area contributed by atoms with Crippen molar-refractivity contribution >= 4 is 40.5 Å². The Morgan fingerprint density at radius 2 is 2.04 bits per heavy atom. The molecule has 0 unspecified atom stereocenters. The number of hydrogen-bond acceptors (Lipinski definition) is 4. The molecule has 1 aliphatic rings. The standard InChI is InChI=1S/C19H13ClN2O3S/c20-12-5-3-10(4-6-12)15-16-17(26-18(15)19(24)25)13(8-14(23)22-16)11-2-1-7-21-9-11/h1-7,9,13H,8H2,(H,22,23)(H,24,25)/t13-/m1/s1. The van der Waals surface area contributed by atoms with Crippen molar-refractivity contribution in [1.82, 2.24) is 4.98 Å². The van der Waals surface area contributed by atoms with Gasteiger partial charge >= 0.3 is 5.97 Å². The van der Waals surface area contributed by atoms with Crippen LogP contribution in [0.15, 0.2) is 48.8 Å². The van der Waals surface area contributed by atoms with Gasteiger partial charge in [0.2, 0.25) is 5.91 Å². The van der Waals surface area contributed by atoms with Crippen LogP contribution in [0.25, 0.3) is 11.1 Å². The molecule has 7 heteroatoms. The molecule has 0 saturated heterocycles. The first-order chi connectivity index (χ1) is 12.5. The molecule has 0 spiro atoms. The average molecular weight is 385 g/mol. The number of carboxylic acids is 1. The highest BCUT2D eigenvalue weighted by Gasteiger charge is 2.34. The minimum absolute atomic E-state index is 0.142.